The van der Waals surface area contributed by atoms with Crippen LogP contribution in [0.15, 0.2) is 22.7 Å². The van der Waals surface area contributed by atoms with Crippen LogP contribution in [0.1, 0.15) is 38.8 Å². The van der Waals surface area contributed by atoms with Gasteiger partial charge in [-0.3, -0.25) is 0 Å². The van der Waals surface area contributed by atoms with Gasteiger partial charge in [0, 0.05) is 25.2 Å². The fourth-order valence-electron chi connectivity index (χ4n) is 2.06. The van der Waals surface area contributed by atoms with Gasteiger partial charge in [-0.15, -0.1) is 0 Å². The molecule has 3 nitrogen and oxygen atoms in total. The van der Waals surface area contributed by atoms with Gasteiger partial charge in [0.15, 0.2) is 0 Å². The van der Waals surface area contributed by atoms with E-state index in [1.807, 2.05) is 6.07 Å². The van der Waals surface area contributed by atoms with E-state index in [-0.39, 0.29) is 0 Å². The predicted octanol–water partition coefficient (Wildman–Crippen LogP) is 3.84. The van der Waals surface area contributed by atoms with Crippen molar-refractivity contribution in [3.8, 4) is 5.75 Å². The van der Waals surface area contributed by atoms with Crippen molar-refractivity contribution < 1.29 is 4.74 Å². The lowest BCUT2D eigenvalue weighted by Crippen LogP contribution is -2.35. The maximum atomic E-state index is 5.26. The summed E-state index contributed by atoms with van der Waals surface area (Å²) in [7, 11) is 3.87. The highest BCUT2D eigenvalue weighted by molar-refractivity contribution is 9.10. The van der Waals surface area contributed by atoms with Gasteiger partial charge in [-0.2, -0.15) is 0 Å². The summed E-state index contributed by atoms with van der Waals surface area (Å²) in [5.74, 6) is 0.873. The summed E-state index contributed by atoms with van der Waals surface area (Å²) in [4.78, 5) is 2.39. The average molecular weight is 343 g/mol. The number of hydrogen-bond donors (Lipinski definition) is 1. The lowest BCUT2D eigenvalue weighted by atomic mass is 10.1. The van der Waals surface area contributed by atoms with Crippen LogP contribution in [-0.4, -0.2) is 38.2 Å². The molecular formula is C16H27BrN2O. The van der Waals surface area contributed by atoms with Gasteiger partial charge in [-0.1, -0.05) is 13.0 Å². The Morgan fingerprint density at radius 2 is 2.05 bits per heavy atom. The monoisotopic (exact) mass is 342 g/mol. The van der Waals surface area contributed by atoms with E-state index in [0.717, 1.165) is 23.3 Å². The molecule has 1 aromatic rings. The summed E-state index contributed by atoms with van der Waals surface area (Å²) in [6.07, 6.45) is 1.19. The van der Waals surface area contributed by atoms with Gasteiger partial charge in [0.1, 0.15) is 5.75 Å². The van der Waals surface area contributed by atoms with E-state index >= 15 is 0 Å². The minimum Gasteiger partial charge on any atom is -0.496 e. The summed E-state index contributed by atoms with van der Waals surface area (Å²) in [6, 6.07) is 7.21. The van der Waals surface area contributed by atoms with Gasteiger partial charge >= 0.3 is 0 Å². The lowest BCUT2D eigenvalue weighted by Gasteiger charge is -2.24. The fourth-order valence-corrected chi connectivity index (χ4v) is 2.62. The second-order valence-electron chi connectivity index (χ2n) is 5.31. The summed E-state index contributed by atoms with van der Waals surface area (Å²) >= 11 is 3.53. The normalized spacial score (nSPS) is 14.3. The van der Waals surface area contributed by atoms with Gasteiger partial charge < -0.3 is 15.0 Å². The molecule has 0 saturated heterocycles. The number of rotatable bonds is 8. The molecule has 0 radical (unpaired) electrons. The maximum Gasteiger partial charge on any atom is 0.133 e. The van der Waals surface area contributed by atoms with E-state index in [2.05, 4.69) is 66.1 Å². The van der Waals surface area contributed by atoms with E-state index in [0.29, 0.717) is 12.1 Å². The Kier molecular flexibility index (Phi) is 7.56. The van der Waals surface area contributed by atoms with Crippen LogP contribution >= 0.6 is 15.9 Å². The van der Waals surface area contributed by atoms with Crippen molar-refractivity contribution in [2.24, 2.45) is 0 Å². The van der Waals surface area contributed by atoms with Crippen LogP contribution in [0.4, 0.5) is 0 Å². The highest BCUT2D eigenvalue weighted by atomic mass is 79.9. The third kappa shape index (κ3) is 5.08. The number of hydrogen-bond acceptors (Lipinski definition) is 3. The van der Waals surface area contributed by atoms with Gasteiger partial charge in [0.2, 0.25) is 0 Å². The number of nitrogens with zero attached hydrogens (tertiary/aromatic N) is 1. The third-order valence-corrected chi connectivity index (χ3v) is 4.55. The Bertz CT molecular complexity index is 411. The first kappa shape index (κ1) is 17.5. The molecule has 0 heterocycles. The van der Waals surface area contributed by atoms with Crippen LogP contribution < -0.4 is 10.1 Å². The zero-order valence-corrected chi connectivity index (χ0v) is 14.8. The van der Waals surface area contributed by atoms with Crippen molar-refractivity contribution in [2.45, 2.75) is 39.3 Å². The minimum atomic E-state index is 0.336. The van der Waals surface area contributed by atoms with Crippen LogP contribution in [0, 0.1) is 0 Å². The quantitative estimate of drug-likeness (QED) is 0.776. The fraction of sp³-hybridized carbons (Fsp3) is 0.625. The summed E-state index contributed by atoms with van der Waals surface area (Å²) in [5.41, 5.74) is 1.27. The number of benzene rings is 1. The van der Waals surface area contributed by atoms with E-state index in [9.17, 15) is 0 Å². The molecule has 0 spiro atoms. The molecule has 0 bridgehead atoms. The lowest BCUT2D eigenvalue weighted by molar-refractivity contribution is 0.249. The van der Waals surface area contributed by atoms with E-state index in [4.69, 9.17) is 4.74 Å². The smallest absolute Gasteiger partial charge is 0.133 e. The Morgan fingerprint density at radius 1 is 1.35 bits per heavy atom. The zero-order chi connectivity index (χ0) is 15.1. The second-order valence-corrected chi connectivity index (χ2v) is 6.16. The van der Waals surface area contributed by atoms with Gasteiger partial charge in [0.05, 0.1) is 11.6 Å². The van der Waals surface area contributed by atoms with Crippen LogP contribution in [-0.2, 0) is 0 Å². The molecule has 4 heteroatoms. The number of halogens is 1. The Morgan fingerprint density at radius 3 is 2.60 bits per heavy atom. The van der Waals surface area contributed by atoms with Crippen LogP contribution in [0.2, 0.25) is 0 Å². The molecule has 20 heavy (non-hydrogen) atoms. The zero-order valence-electron chi connectivity index (χ0n) is 13.2. The number of ether oxygens (including phenoxy) is 1. The SMILES string of the molecule is CCC(C)N(C)CCNC(C)c1ccc(OC)c(Br)c1. The largest absolute Gasteiger partial charge is 0.496 e. The van der Waals surface area contributed by atoms with Gasteiger partial charge in [0.25, 0.3) is 0 Å². The molecule has 0 aromatic heterocycles. The van der Waals surface area contributed by atoms with Crippen molar-refractivity contribution >= 4 is 15.9 Å². The third-order valence-electron chi connectivity index (χ3n) is 3.93. The minimum absolute atomic E-state index is 0.336. The molecule has 0 saturated carbocycles. The number of nitrogens with one attached hydrogen (secondary N) is 1. The summed E-state index contributed by atoms with van der Waals surface area (Å²) in [6.45, 7) is 8.75. The maximum absolute atomic E-state index is 5.26. The van der Waals surface area contributed by atoms with Crippen molar-refractivity contribution in [3.05, 3.63) is 28.2 Å². The van der Waals surface area contributed by atoms with Crippen molar-refractivity contribution in [1.29, 1.82) is 0 Å². The topological polar surface area (TPSA) is 24.5 Å². The van der Waals surface area contributed by atoms with Crippen LogP contribution in [0.5, 0.6) is 5.75 Å². The van der Waals surface area contributed by atoms with E-state index in [1.165, 1.54) is 12.0 Å². The first-order chi connectivity index (χ1) is 9.49. The average Bonchev–Trinajstić information content (AvgIpc) is 2.45. The van der Waals surface area contributed by atoms with E-state index < -0.39 is 0 Å². The van der Waals surface area contributed by atoms with Crippen LogP contribution in [0.25, 0.3) is 0 Å². The summed E-state index contributed by atoms with van der Waals surface area (Å²) < 4.78 is 6.26. The van der Waals surface area contributed by atoms with Crippen LogP contribution in [0.3, 0.4) is 0 Å². The Labute approximate surface area is 131 Å². The Hall–Kier alpha value is -0.580. The highest BCUT2D eigenvalue weighted by Crippen LogP contribution is 2.27. The molecule has 114 valence electrons. The molecule has 0 aliphatic rings. The highest BCUT2D eigenvalue weighted by Gasteiger charge is 2.10. The predicted molar refractivity (Wildman–Crippen MR) is 89.5 cm³/mol. The van der Waals surface area contributed by atoms with Crippen molar-refractivity contribution in [1.82, 2.24) is 10.2 Å². The molecular weight excluding hydrogens is 316 g/mol. The molecule has 0 aliphatic heterocycles. The molecule has 1 aromatic carbocycles. The number of methoxy groups -OCH3 is 1. The number of likely N-dealkylation sites (N-methyl/N-ethyl adjacent to an activating group) is 1. The molecule has 2 atom stereocenters. The molecule has 2 unspecified atom stereocenters. The Balaban J connectivity index is 2.47. The first-order valence-corrected chi connectivity index (χ1v) is 8.05. The van der Waals surface area contributed by atoms with Crippen molar-refractivity contribution in [2.75, 3.05) is 27.2 Å². The second kappa shape index (κ2) is 8.65. The summed E-state index contributed by atoms with van der Waals surface area (Å²) in [5, 5.41) is 3.57. The van der Waals surface area contributed by atoms with Gasteiger partial charge in [-0.25, -0.2) is 0 Å². The molecule has 0 fully saturated rings. The van der Waals surface area contributed by atoms with Gasteiger partial charge in [-0.05, 0) is 60.9 Å². The molecule has 1 N–H and O–H groups in total. The molecule has 1 rings (SSSR count). The standard InChI is InChI=1S/C16H27BrN2O/c1-6-12(2)19(4)10-9-18-13(3)14-7-8-16(20-5)15(17)11-14/h7-8,11-13,18H,6,9-10H2,1-5H3. The molecule has 0 amide bonds. The van der Waals surface area contributed by atoms with Crippen molar-refractivity contribution in [3.63, 3.8) is 0 Å². The van der Waals surface area contributed by atoms with E-state index in [1.54, 1.807) is 7.11 Å². The first-order valence-electron chi connectivity index (χ1n) is 7.26. The molecule has 0 aliphatic carbocycles.